The number of rotatable bonds is 7. The van der Waals surface area contributed by atoms with Crippen molar-refractivity contribution in [2.45, 2.75) is 115 Å². The molecule has 1 saturated heterocycles. The highest BCUT2D eigenvalue weighted by molar-refractivity contribution is 5.92. The zero-order valence-corrected chi connectivity index (χ0v) is 26.0. The molecule has 2 aliphatic rings. The van der Waals surface area contributed by atoms with Gasteiger partial charge in [0.2, 0.25) is 11.8 Å². The molecule has 1 heterocycles. The van der Waals surface area contributed by atoms with E-state index in [-0.39, 0.29) is 25.4 Å². The number of benzene rings is 1. The number of ether oxygens (including phenoxy) is 3. The molecule has 4 N–H and O–H groups in total. The van der Waals surface area contributed by atoms with E-state index in [0.717, 1.165) is 37.7 Å². The average molecular weight is 618 g/mol. The number of aliphatic hydroxyl groups excluding tert-OH is 1. The van der Waals surface area contributed by atoms with Crippen LogP contribution in [-0.2, 0) is 39.8 Å². The Morgan fingerprint density at radius 1 is 1.02 bits per heavy atom. The van der Waals surface area contributed by atoms with Crippen molar-refractivity contribution in [3.63, 3.8) is 0 Å². The number of alkyl carbamates (subject to hydrolysis) is 1. The Morgan fingerprint density at radius 2 is 1.73 bits per heavy atom. The molecule has 3 rings (SSSR count). The quantitative estimate of drug-likeness (QED) is 0.265. The van der Waals surface area contributed by atoms with E-state index in [4.69, 9.17) is 14.2 Å². The molecule has 2 unspecified atom stereocenters. The molecule has 244 valence electrons. The van der Waals surface area contributed by atoms with Crippen molar-refractivity contribution in [2.75, 3.05) is 13.2 Å². The topological polar surface area (TPSA) is 169 Å². The van der Waals surface area contributed by atoms with Crippen molar-refractivity contribution in [2.24, 2.45) is 5.92 Å². The number of nitrogens with one attached hydrogen (secondary N) is 3. The third-order valence-corrected chi connectivity index (χ3v) is 7.62. The van der Waals surface area contributed by atoms with Crippen LogP contribution >= 0.6 is 0 Å². The van der Waals surface area contributed by atoms with Crippen LogP contribution in [0.2, 0.25) is 0 Å². The molecule has 0 radical (unpaired) electrons. The van der Waals surface area contributed by atoms with Gasteiger partial charge in [-0.2, -0.15) is 0 Å². The van der Waals surface area contributed by atoms with Gasteiger partial charge in [0, 0.05) is 12.8 Å². The molecule has 1 aliphatic heterocycles. The largest absolute Gasteiger partial charge is 0.464 e. The van der Waals surface area contributed by atoms with Crippen LogP contribution in [0, 0.1) is 5.92 Å². The summed E-state index contributed by atoms with van der Waals surface area (Å²) in [4.78, 5) is 65.0. The minimum atomic E-state index is -1.61. The van der Waals surface area contributed by atoms with Gasteiger partial charge in [0.15, 0.2) is 6.10 Å². The molecule has 0 bridgehead atoms. The van der Waals surface area contributed by atoms with Gasteiger partial charge in [-0.05, 0) is 51.5 Å². The number of carbonyl (C=O) groups excluding carboxylic acids is 5. The van der Waals surface area contributed by atoms with Gasteiger partial charge in [-0.15, -0.1) is 0 Å². The summed E-state index contributed by atoms with van der Waals surface area (Å²) in [6.07, 6.45) is 3.76. The molecule has 12 nitrogen and oxygen atoms in total. The maximum Gasteiger partial charge on any atom is 0.408 e. The number of amides is 3. The van der Waals surface area contributed by atoms with Gasteiger partial charge in [0.05, 0.1) is 12.6 Å². The van der Waals surface area contributed by atoms with Gasteiger partial charge < -0.3 is 35.3 Å². The van der Waals surface area contributed by atoms with Crippen molar-refractivity contribution in [1.82, 2.24) is 16.0 Å². The summed E-state index contributed by atoms with van der Waals surface area (Å²) in [5, 5.41) is 18.8. The van der Waals surface area contributed by atoms with Crippen molar-refractivity contribution >= 4 is 29.8 Å². The lowest BCUT2D eigenvalue weighted by Crippen LogP contribution is -2.59. The molecule has 1 aliphatic carbocycles. The lowest BCUT2D eigenvalue weighted by atomic mass is 9.83. The molecule has 44 heavy (non-hydrogen) atoms. The predicted molar refractivity (Wildman–Crippen MR) is 160 cm³/mol. The van der Waals surface area contributed by atoms with E-state index < -0.39 is 66.3 Å². The average Bonchev–Trinajstić information content (AvgIpc) is 2.97. The molecule has 2 fully saturated rings. The summed E-state index contributed by atoms with van der Waals surface area (Å²) in [6, 6.07) is 5.52. The molecule has 0 aromatic heterocycles. The van der Waals surface area contributed by atoms with Crippen LogP contribution in [-0.4, -0.2) is 78.0 Å². The Kier molecular flexibility index (Phi) is 13.4. The second-order valence-electron chi connectivity index (χ2n) is 12.6. The maximum absolute atomic E-state index is 13.6. The minimum Gasteiger partial charge on any atom is -0.464 e. The monoisotopic (exact) mass is 617 g/mol. The zero-order chi connectivity index (χ0) is 32.1. The summed E-state index contributed by atoms with van der Waals surface area (Å²) in [5.41, 5.74) is -0.0633. The van der Waals surface area contributed by atoms with Crippen LogP contribution in [0.25, 0.3) is 0 Å². The molecule has 3 amide bonds. The molecular formula is C32H47N3O9. The molecular weight excluding hydrogens is 570 g/mol. The van der Waals surface area contributed by atoms with Crippen LogP contribution in [0.4, 0.5) is 4.79 Å². The van der Waals surface area contributed by atoms with E-state index in [9.17, 15) is 29.1 Å². The van der Waals surface area contributed by atoms with E-state index >= 15 is 0 Å². The van der Waals surface area contributed by atoms with Gasteiger partial charge in [0.25, 0.3) is 0 Å². The second kappa shape index (κ2) is 17.0. The lowest BCUT2D eigenvalue weighted by molar-refractivity contribution is -0.156. The minimum absolute atomic E-state index is 0.0174. The summed E-state index contributed by atoms with van der Waals surface area (Å²) >= 11 is 0. The fourth-order valence-corrected chi connectivity index (χ4v) is 5.34. The van der Waals surface area contributed by atoms with Gasteiger partial charge in [0.1, 0.15) is 24.3 Å². The first-order valence-corrected chi connectivity index (χ1v) is 15.6. The lowest BCUT2D eigenvalue weighted by Gasteiger charge is -2.31. The fourth-order valence-electron chi connectivity index (χ4n) is 5.34. The number of esters is 2. The number of aliphatic hydroxyl groups is 1. The second-order valence-corrected chi connectivity index (χ2v) is 12.6. The van der Waals surface area contributed by atoms with Gasteiger partial charge >= 0.3 is 18.0 Å². The predicted octanol–water partition coefficient (Wildman–Crippen LogP) is 2.69. The Hall–Kier alpha value is -3.67. The maximum atomic E-state index is 13.6. The molecule has 4 atom stereocenters. The fraction of sp³-hybridized carbons (Fsp3) is 0.656. The highest BCUT2D eigenvalue weighted by Crippen LogP contribution is 2.28. The van der Waals surface area contributed by atoms with Crippen LogP contribution in [0.3, 0.4) is 0 Å². The van der Waals surface area contributed by atoms with Gasteiger partial charge in [-0.1, -0.05) is 62.4 Å². The van der Waals surface area contributed by atoms with Crippen LogP contribution in [0.15, 0.2) is 30.3 Å². The van der Waals surface area contributed by atoms with Crippen molar-refractivity contribution in [3.05, 3.63) is 35.9 Å². The first kappa shape index (κ1) is 34.8. The standard InChI is InChI=1S/C32H47N3O9/c1-32(2,3)44-31(41)35-24(19-22-14-8-5-9-15-22)28(38)34-25-20-43-26(36)16-10-11-17-42-30(40)27(37)23(33-29(25)39)18-21-12-6-4-7-13-21/h5,8-9,14-15,21,23-25,27,37H,4,6-7,10-13,16-20H2,1-3H3,(H,33,39)(H,34,38)(H,35,41)/t23?,24-,25?,27+/m0/s1. The Balaban J connectivity index is 1.83. The molecule has 1 saturated carbocycles. The van der Waals surface area contributed by atoms with Crippen LogP contribution in [0.5, 0.6) is 0 Å². The van der Waals surface area contributed by atoms with Crippen LogP contribution in [0.1, 0.15) is 84.1 Å². The first-order valence-electron chi connectivity index (χ1n) is 15.6. The Bertz CT molecular complexity index is 1120. The van der Waals surface area contributed by atoms with Gasteiger partial charge in [-0.3, -0.25) is 14.4 Å². The number of cyclic esters (lactones) is 2. The smallest absolute Gasteiger partial charge is 0.408 e. The number of carbonyl (C=O) groups is 5. The molecule has 0 spiro atoms. The van der Waals surface area contributed by atoms with Gasteiger partial charge in [-0.25, -0.2) is 9.59 Å². The highest BCUT2D eigenvalue weighted by atomic mass is 16.6. The van der Waals surface area contributed by atoms with Crippen molar-refractivity contribution in [3.8, 4) is 0 Å². The SMILES string of the molecule is CC(C)(C)OC(=O)N[C@@H](Cc1ccccc1)C(=O)NC1COC(=O)CCCCOC(=O)[C@H](O)C(CC2CCCCC2)NC1=O. The van der Waals surface area contributed by atoms with E-state index in [1.165, 1.54) is 0 Å². The van der Waals surface area contributed by atoms with E-state index in [2.05, 4.69) is 16.0 Å². The van der Waals surface area contributed by atoms with E-state index in [0.29, 0.717) is 19.3 Å². The zero-order valence-electron chi connectivity index (χ0n) is 26.0. The Labute approximate surface area is 259 Å². The third-order valence-electron chi connectivity index (χ3n) is 7.62. The molecule has 1 aromatic carbocycles. The highest BCUT2D eigenvalue weighted by Gasteiger charge is 2.35. The number of hydrogen-bond donors (Lipinski definition) is 4. The first-order chi connectivity index (χ1) is 20.9. The van der Waals surface area contributed by atoms with Crippen molar-refractivity contribution < 1.29 is 43.3 Å². The van der Waals surface area contributed by atoms with E-state index in [1.807, 2.05) is 6.07 Å². The number of hydrogen-bond acceptors (Lipinski definition) is 9. The normalized spacial score (nSPS) is 23.6. The van der Waals surface area contributed by atoms with E-state index in [1.54, 1.807) is 45.0 Å². The summed E-state index contributed by atoms with van der Waals surface area (Å²) in [7, 11) is 0. The van der Waals surface area contributed by atoms with Crippen molar-refractivity contribution in [1.29, 1.82) is 0 Å². The summed E-state index contributed by atoms with van der Waals surface area (Å²) in [5.74, 6) is -2.69. The molecule has 1 aromatic rings. The molecule has 12 heteroatoms. The van der Waals surface area contributed by atoms with Crippen LogP contribution < -0.4 is 16.0 Å². The Morgan fingerprint density at radius 3 is 2.41 bits per heavy atom. The summed E-state index contributed by atoms with van der Waals surface area (Å²) < 4.78 is 15.9. The summed E-state index contributed by atoms with van der Waals surface area (Å²) in [6.45, 7) is 4.64. The third kappa shape index (κ3) is 12.1.